The number of hydrogen-bond donors (Lipinski definition) is 0. The van der Waals surface area contributed by atoms with E-state index in [0.29, 0.717) is 6.54 Å². The first kappa shape index (κ1) is 18.1. The molecule has 0 saturated heterocycles. The summed E-state index contributed by atoms with van der Waals surface area (Å²) in [7, 11) is 0. The van der Waals surface area contributed by atoms with E-state index in [4.69, 9.17) is 0 Å². The zero-order valence-corrected chi connectivity index (χ0v) is 15.6. The highest BCUT2D eigenvalue weighted by Crippen LogP contribution is 2.17. The SMILES string of the molecule is C[C@H](Cc1cccs1)N(Cc1ccccc1)C(=O)Cn1ccccc1=O. The van der Waals surface area contributed by atoms with E-state index in [1.807, 2.05) is 41.3 Å². The van der Waals surface area contributed by atoms with Crippen molar-refractivity contribution >= 4 is 17.2 Å². The molecule has 3 rings (SSSR count). The highest BCUT2D eigenvalue weighted by molar-refractivity contribution is 7.09. The summed E-state index contributed by atoms with van der Waals surface area (Å²) in [5, 5.41) is 2.05. The minimum Gasteiger partial charge on any atom is -0.334 e. The van der Waals surface area contributed by atoms with Gasteiger partial charge in [-0.2, -0.15) is 0 Å². The van der Waals surface area contributed by atoms with Crippen molar-refractivity contribution in [3.05, 3.63) is 93.0 Å². The Labute approximate surface area is 157 Å². The molecular weight excluding hydrogens is 344 g/mol. The van der Waals surface area contributed by atoms with E-state index in [0.717, 1.165) is 12.0 Å². The zero-order chi connectivity index (χ0) is 18.4. The first-order valence-electron chi connectivity index (χ1n) is 8.65. The first-order valence-corrected chi connectivity index (χ1v) is 9.52. The number of carbonyl (C=O) groups excluding carboxylic acids is 1. The zero-order valence-electron chi connectivity index (χ0n) is 14.7. The topological polar surface area (TPSA) is 42.3 Å². The van der Waals surface area contributed by atoms with Crippen molar-refractivity contribution in [2.75, 3.05) is 0 Å². The Morgan fingerprint density at radius 1 is 1.08 bits per heavy atom. The van der Waals surface area contributed by atoms with Gasteiger partial charge in [0.05, 0.1) is 0 Å². The summed E-state index contributed by atoms with van der Waals surface area (Å²) in [4.78, 5) is 28.1. The van der Waals surface area contributed by atoms with Crippen LogP contribution >= 0.6 is 11.3 Å². The van der Waals surface area contributed by atoms with E-state index in [2.05, 4.69) is 18.4 Å². The van der Waals surface area contributed by atoms with Crippen molar-refractivity contribution in [1.82, 2.24) is 9.47 Å². The third kappa shape index (κ3) is 4.70. The standard InChI is InChI=1S/C21H22N2O2S/c1-17(14-19-10-7-13-26-19)23(15-18-8-3-2-4-9-18)21(25)16-22-12-6-5-11-20(22)24/h2-13,17H,14-16H2,1H3/t17-/m1/s1. The van der Waals surface area contributed by atoms with Crippen molar-refractivity contribution in [3.8, 4) is 0 Å². The number of rotatable bonds is 7. The summed E-state index contributed by atoms with van der Waals surface area (Å²) in [6, 6.07) is 19.1. The summed E-state index contributed by atoms with van der Waals surface area (Å²) >= 11 is 1.70. The molecule has 26 heavy (non-hydrogen) atoms. The maximum atomic E-state index is 13.0. The van der Waals surface area contributed by atoms with E-state index in [1.54, 1.807) is 29.7 Å². The number of nitrogens with zero attached hydrogens (tertiary/aromatic N) is 2. The number of amides is 1. The van der Waals surface area contributed by atoms with Gasteiger partial charge in [0.25, 0.3) is 5.56 Å². The summed E-state index contributed by atoms with van der Waals surface area (Å²) < 4.78 is 1.46. The van der Waals surface area contributed by atoms with Crippen molar-refractivity contribution in [1.29, 1.82) is 0 Å². The van der Waals surface area contributed by atoms with Crippen molar-refractivity contribution in [2.24, 2.45) is 0 Å². The van der Waals surface area contributed by atoms with Gasteiger partial charge in [0.1, 0.15) is 6.54 Å². The van der Waals surface area contributed by atoms with Crippen molar-refractivity contribution in [2.45, 2.75) is 32.5 Å². The van der Waals surface area contributed by atoms with Crippen LogP contribution in [-0.2, 0) is 24.3 Å². The molecule has 0 spiro atoms. The van der Waals surface area contributed by atoms with Crippen LogP contribution in [0.4, 0.5) is 0 Å². The van der Waals surface area contributed by atoms with E-state index in [1.165, 1.54) is 15.5 Å². The van der Waals surface area contributed by atoms with Gasteiger partial charge >= 0.3 is 0 Å². The Balaban J connectivity index is 1.80. The molecule has 0 unspecified atom stereocenters. The Morgan fingerprint density at radius 2 is 1.85 bits per heavy atom. The fourth-order valence-electron chi connectivity index (χ4n) is 2.93. The van der Waals surface area contributed by atoms with Crippen LogP contribution in [0.1, 0.15) is 17.4 Å². The van der Waals surface area contributed by atoms with Gasteiger partial charge in [-0.3, -0.25) is 9.59 Å². The lowest BCUT2D eigenvalue weighted by Gasteiger charge is -2.29. The minimum absolute atomic E-state index is 0.0424. The van der Waals surface area contributed by atoms with Gasteiger partial charge in [0.15, 0.2) is 0 Å². The smallest absolute Gasteiger partial charge is 0.250 e. The molecule has 0 aliphatic heterocycles. The number of thiophene rings is 1. The second-order valence-electron chi connectivity index (χ2n) is 6.31. The molecule has 0 aliphatic carbocycles. The first-order chi connectivity index (χ1) is 12.6. The second kappa shape index (κ2) is 8.63. The number of pyridine rings is 1. The minimum atomic E-state index is -0.161. The van der Waals surface area contributed by atoms with Gasteiger partial charge in [-0.05, 0) is 30.0 Å². The van der Waals surface area contributed by atoms with Crippen LogP contribution in [0.5, 0.6) is 0 Å². The predicted octanol–water partition coefficient (Wildman–Crippen LogP) is 3.57. The molecule has 0 aliphatic rings. The summed E-state index contributed by atoms with van der Waals surface area (Å²) in [6.45, 7) is 2.66. The molecule has 5 heteroatoms. The molecule has 0 N–H and O–H groups in total. The van der Waals surface area contributed by atoms with Gasteiger partial charge in [0, 0.05) is 36.1 Å². The molecule has 0 radical (unpaired) electrons. The quantitative estimate of drug-likeness (QED) is 0.641. The maximum absolute atomic E-state index is 13.0. The Hall–Kier alpha value is -2.66. The third-order valence-corrected chi connectivity index (χ3v) is 5.23. The number of benzene rings is 1. The third-order valence-electron chi connectivity index (χ3n) is 4.33. The Kier molecular flexibility index (Phi) is 6.02. The molecule has 3 aromatic rings. The summed E-state index contributed by atoms with van der Waals surface area (Å²) in [5.74, 6) is -0.0498. The summed E-state index contributed by atoms with van der Waals surface area (Å²) in [5.41, 5.74) is 0.922. The van der Waals surface area contributed by atoms with Crippen LogP contribution in [0.15, 0.2) is 77.0 Å². The molecule has 134 valence electrons. The van der Waals surface area contributed by atoms with Gasteiger partial charge < -0.3 is 9.47 Å². The molecule has 0 fully saturated rings. The molecule has 4 nitrogen and oxygen atoms in total. The normalized spacial score (nSPS) is 11.9. The number of aromatic nitrogens is 1. The van der Waals surface area contributed by atoms with E-state index in [9.17, 15) is 9.59 Å². The van der Waals surface area contributed by atoms with Gasteiger partial charge in [-0.15, -0.1) is 11.3 Å². The average Bonchev–Trinajstić information content (AvgIpc) is 3.15. The van der Waals surface area contributed by atoms with Crippen molar-refractivity contribution < 1.29 is 4.79 Å². The molecule has 1 atom stereocenters. The van der Waals surface area contributed by atoms with Crippen LogP contribution in [0.2, 0.25) is 0 Å². The monoisotopic (exact) mass is 366 g/mol. The fraction of sp³-hybridized carbons (Fsp3) is 0.238. The van der Waals surface area contributed by atoms with Crippen LogP contribution in [-0.4, -0.2) is 21.4 Å². The van der Waals surface area contributed by atoms with Gasteiger partial charge in [-0.25, -0.2) is 0 Å². The largest absolute Gasteiger partial charge is 0.334 e. The highest BCUT2D eigenvalue weighted by Gasteiger charge is 2.21. The fourth-order valence-corrected chi connectivity index (χ4v) is 3.75. The number of carbonyl (C=O) groups is 1. The van der Waals surface area contributed by atoms with E-state index >= 15 is 0 Å². The molecular formula is C21H22N2O2S. The number of hydrogen-bond acceptors (Lipinski definition) is 3. The van der Waals surface area contributed by atoms with Crippen LogP contribution in [0.3, 0.4) is 0 Å². The van der Waals surface area contributed by atoms with Crippen molar-refractivity contribution in [3.63, 3.8) is 0 Å². The van der Waals surface area contributed by atoms with Gasteiger partial charge in [-0.1, -0.05) is 42.5 Å². The lowest BCUT2D eigenvalue weighted by atomic mass is 10.1. The average molecular weight is 366 g/mol. The molecule has 2 heterocycles. The van der Waals surface area contributed by atoms with Crippen LogP contribution < -0.4 is 5.56 Å². The lowest BCUT2D eigenvalue weighted by Crippen LogP contribution is -2.42. The van der Waals surface area contributed by atoms with E-state index in [-0.39, 0.29) is 24.1 Å². The Morgan fingerprint density at radius 3 is 2.54 bits per heavy atom. The maximum Gasteiger partial charge on any atom is 0.250 e. The van der Waals surface area contributed by atoms with Crippen LogP contribution in [0, 0.1) is 0 Å². The Bertz CT molecular complexity index is 888. The lowest BCUT2D eigenvalue weighted by molar-refractivity contribution is -0.134. The molecule has 0 saturated carbocycles. The second-order valence-corrected chi connectivity index (χ2v) is 7.34. The van der Waals surface area contributed by atoms with Gasteiger partial charge in [0.2, 0.25) is 5.91 Å². The molecule has 1 amide bonds. The molecule has 1 aromatic carbocycles. The highest BCUT2D eigenvalue weighted by atomic mass is 32.1. The molecule has 0 bridgehead atoms. The van der Waals surface area contributed by atoms with E-state index < -0.39 is 0 Å². The van der Waals surface area contributed by atoms with Crippen LogP contribution in [0.25, 0.3) is 0 Å². The summed E-state index contributed by atoms with van der Waals surface area (Å²) in [6.07, 6.45) is 2.46. The molecule has 2 aromatic heterocycles. The predicted molar refractivity (Wildman–Crippen MR) is 105 cm³/mol.